The zero-order valence-electron chi connectivity index (χ0n) is 10.6. The minimum atomic E-state index is -1.09. The summed E-state index contributed by atoms with van der Waals surface area (Å²) < 4.78 is 0. The first-order valence-corrected chi connectivity index (χ1v) is 6.10. The van der Waals surface area contributed by atoms with Crippen molar-refractivity contribution in [3.8, 4) is 0 Å². The normalized spacial score (nSPS) is 13.7. The molecule has 7 nitrogen and oxygen atoms in total. The number of nitrogens with one attached hydrogen (secondary N) is 1. The van der Waals surface area contributed by atoms with Crippen LogP contribution in [0.25, 0.3) is 21.3 Å². The van der Waals surface area contributed by atoms with Gasteiger partial charge in [0, 0.05) is 34.1 Å². The molecule has 0 radical (unpaired) electrons. The third-order valence-electron chi connectivity index (χ3n) is 3.16. The van der Waals surface area contributed by atoms with Gasteiger partial charge >= 0.3 is 0 Å². The maximum atomic E-state index is 10.9. The van der Waals surface area contributed by atoms with E-state index in [0.29, 0.717) is 16.5 Å². The van der Waals surface area contributed by atoms with Gasteiger partial charge in [-0.2, -0.15) is 0 Å². The number of hydrogen-bond donors (Lipinski definition) is 3. The molecule has 3 N–H and O–H groups in total. The highest BCUT2D eigenvalue weighted by atomic mass is 16.3. The Balaban J connectivity index is 2.22. The van der Waals surface area contributed by atoms with Crippen LogP contribution < -0.4 is 0 Å². The maximum absolute atomic E-state index is 10.9. The van der Waals surface area contributed by atoms with E-state index < -0.39 is 12.2 Å². The van der Waals surface area contributed by atoms with Crippen LogP contribution in [0.3, 0.4) is 0 Å². The summed E-state index contributed by atoms with van der Waals surface area (Å²) in [4.78, 5) is 16.4. The number of aldehydes is 1. The van der Waals surface area contributed by atoms with Gasteiger partial charge in [0.05, 0.1) is 6.10 Å². The fourth-order valence-corrected chi connectivity index (χ4v) is 2.06. The quantitative estimate of drug-likeness (QED) is 0.323. The second kappa shape index (κ2) is 6.21. The number of nitrogens with zero attached hydrogens (tertiary/aromatic N) is 3. The summed E-state index contributed by atoms with van der Waals surface area (Å²) in [5.74, 6) is 0. The van der Waals surface area contributed by atoms with Crippen molar-refractivity contribution >= 4 is 17.2 Å². The highest BCUT2D eigenvalue weighted by Crippen LogP contribution is 2.25. The number of aliphatic hydroxyl groups excluding tert-OH is 2. The largest absolute Gasteiger partial charge is 0.390 e. The number of aromatic nitrogens is 1. The van der Waals surface area contributed by atoms with Crippen molar-refractivity contribution in [3.05, 3.63) is 46.0 Å². The lowest BCUT2D eigenvalue weighted by Gasteiger charge is -2.17. The summed E-state index contributed by atoms with van der Waals surface area (Å²) in [5, 5.41) is 23.9. The number of fused-ring (bicyclic) bond motifs is 1. The molecule has 7 heteroatoms. The van der Waals surface area contributed by atoms with E-state index in [-0.39, 0.29) is 13.0 Å². The van der Waals surface area contributed by atoms with Gasteiger partial charge in [-0.25, -0.2) is 0 Å². The predicted molar refractivity (Wildman–Crippen MR) is 73.3 cm³/mol. The standard InChI is InChI=1S/C13H14N4O3/c14-17-16-4-3-12(19)13(20)8-1-2-11-10(5-8)9(7-18)6-15-11/h1-2,5-7,12-13,15,19-20H,3-4H2. The highest BCUT2D eigenvalue weighted by molar-refractivity contribution is 5.97. The molecule has 104 valence electrons. The van der Waals surface area contributed by atoms with Crippen LogP contribution in [0.2, 0.25) is 0 Å². The predicted octanol–water partition coefficient (Wildman–Crippen LogP) is 2.08. The van der Waals surface area contributed by atoms with Gasteiger partial charge in [-0.05, 0) is 29.6 Å². The number of carbonyl (C=O) groups is 1. The van der Waals surface area contributed by atoms with Gasteiger partial charge < -0.3 is 15.2 Å². The zero-order valence-corrected chi connectivity index (χ0v) is 10.6. The van der Waals surface area contributed by atoms with Crippen molar-refractivity contribution in [2.24, 2.45) is 5.11 Å². The Bertz CT molecular complexity index is 661. The van der Waals surface area contributed by atoms with Gasteiger partial charge in [0.25, 0.3) is 0 Å². The first-order valence-electron chi connectivity index (χ1n) is 6.10. The molecule has 2 rings (SSSR count). The molecule has 0 bridgehead atoms. The third-order valence-corrected chi connectivity index (χ3v) is 3.16. The fourth-order valence-electron chi connectivity index (χ4n) is 2.06. The van der Waals surface area contributed by atoms with Crippen molar-refractivity contribution < 1.29 is 15.0 Å². The lowest BCUT2D eigenvalue weighted by molar-refractivity contribution is 0.0151. The smallest absolute Gasteiger partial charge is 0.152 e. The lowest BCUT2D eigenvalue weighted by Crippen LogP contribution is -2.19. The molecule has 0 aliphatic heterocycles. The minimum Gasteiger partial charge on any atom is -0.390 e. The van der Waals surface area contributed by atoms with E-state index in [4.69, 9.17) is 5.53 Å². The molecule has 20 heavy (non-hydrogen) atoms. The number of rotatable bonds is 6. The summed E-state index contributed by atoms with van der Waals surface area (Å²) in [5.41, 5.74) is 9.95. The van der Waals surface area contributed by atoms with Crippen molar-refractivity contribution in [2.45, 2.75) is 18.6 Å². The molecule has 2 aromatic rings. The van der Waals surface area contributed by atoms with Crippen LogP contribution in [0.1, 0.15) is 28.4 Å². The minimum absolute atomic E-state index is 0.112. The molecular formula is C13H14N4O3. The van der Waals surface area contributed by atoms with E-state index in [2.05, 4.69) is 15.0 Å². The summed E-state index contributed by atoms with van der Waals surface area (Å²) in [6, 6.07) is 5.08. The number of aliphatic hydroxyl groups is 2. The van der Waals surface area contributed by atoms with Gasteiger partial charge in [0.2, 0.25) is 0 Å². The molecule has 0 aliphatic carbocycles. The van der Waals surface area contributed by atoms with Gasteiger partial charge in [-0.3, -0.25) is 4.79 Å². The molecule has 0 amide bonds. The van der Waals surface area contributed by atoms with E-state index in [1.54, 1.807) is 24.4 Å². The molecule has 2 unspecified atom stereocenters. The van der Waals surface area contributed by atoms with Crippen LogP contribution >= 0.6 is 0 Å². The molecule has 1 aromatic carbocycles. The van der Waals surface area contributed by atoms with Crippen molar-refractivity contribution in [1.29, 1.82) is 0 Å². The van der Waals surface area contributed by atoms with Crippen LogP contribution in [-0.4, -0.2) is 34.1 Å². The van der Waals surface area contributed by atoms with Crippen molar-refractivity contribution in [3.63, 3.8) is 0 Å². The van der Waals surface area contributed by atoms with Crippen molar-refractivity contribution in [1.82, 2.24) is 4.98 Å². The second-order valence-corrected chi connectivity index (χ2v) is 4.42. The Labute approximate surface area is 114 Å². The van der Waals surface area contributed by atoms with E-state index in [9.17, 15) is 15.0 Å². The van der Waals surface area contributed by atoms with Crippen LogP contribution in [0, 0.1) is 0 Å². The number of carbonyl (C=O) groups excluding carboxylic acids is 1. The van der Waals surface area contributed by atoms with Crippen LogP contribution in [-0.2, 0) is 0 Å². The lowest BCUT2D eigenvalue weighted by atomic mass is 10.00. The molecule has 1 heterocycles. The second-order valence-electron chi connectivity index (χ2n) is 4.42. The van der Waals surface area contributed by atoms with Crippen LogP contribution in [0.4, 0.5) is 0 Å². The summed E-state index contributed by atoms with van der Waals surface area (Å²) in [6.45, 7) is 0.112. The van der Waals surface area contributed by atoms with Crippen molar-refractivity contribution in [2.75, 3.05) is 6.54 Å². The fraction of sp³-hybridized carbons (Fsp3) is 0.308. The van der Waals surface area contributed by atoms with Gasteiger partial charge in [0.1, 0.15) is 6.10 Å². The molecule has 0 saturated carbocycles. The summed E-state index contributed by atoms with van der Waals surface area (Å²) >= 11 is 0. The number of H-pyrrole nitrogens is 1. The molecule has 0 aliphatic rings. The number of aromatic amines is 1. The van der Waals surface area contributed by atoms with E-state index in [1.807, 2.05) is 0 Å². The molecule has 1 aromatic heterocycles. The average Bonchev–Trinajstić information content (AvgIpc) is 2.88. The van der Waals surface area contributed by atoms with E-state index >= 15 is 0 Å². The van der Waals surface area contributed by atoms with Gasteiger partial charge in [0.15, 0.2) is 6.29 Å². The number of hydrogen-bond acceptors (Lipinski definition) is 4. The molecule has 0 spiro atoms. The molecule has 0 fully saturated rings. The van der Waals surface area contributed by atoms with Crippen LogP contribution in [0.15, 0.2) is 29.5 Å². The zero-order chi connectivity index (χ0) is 14.5. The van der Waals surface area contributed by atoms with Gasteiger partial charge in [-0.1, -0.05) is 11.2 Å². The highest BCUT2D eigenvalue weighted by Gasteiger charge is 2.18. The third kappa shape index (κ3) is 2.80. The summed E-state index contributed by atoms with van der Waals surface area (Å²) in [6.07, 6.45) is 0.356. The van der Waals surface area contributed by atoms with E-state index in [1.165, 1.54) is 0 Å². The van der Waals surface area contributed by atoms with E-state index in [0.717, 1.165) is 11.8 Å². The van der Waals surface area contributed by atoms with Gasteiger partial charge in [-0.15, -0.1) is 0 Å². The Morgan fingerprint density at radius 2 is 2.25 bits per heavy atom. The first kappa shape index (κ1) is 14.1. The Hall–Kier alpha value is -2.34. The SMILES string of the molecule is [N-]=[N+]=NCCC(O)C(O)c1ccc2[nH]cc(C=O)c2c1. The summed E-state index contributed by atoms with van der Waals surface area (Å²) in [7, 11) is 0. The number of benzene rings is 1. The Morgan fingerprint density at radius 1 is 1.45 bits per heavy atom. The topological polar surface area (TPSA) is 122 Å². The average molecular weight is 274 g/mol. The maximum Gasteiger partial charge on any atom is 0.152 e. The molecular weight excluding hydrogens is 260 g/mol. The van der Waals surface area contributed by atoms with Crippen LogP contribution in [0.5, 0.6) is 0 Å². The Kier molecular flexibility index (Phi) is 4.37. The number of azide groups is 1. The first-order chi connectivity index (χ1) is 9.67. The molecule has 2 atom stereocenters. The monoisotopic (exact) mass is 274 g/mol. The molecule has 0 saturated heterocycles. The Morgan fingerprint density at radius 3 is 2.95 bits per heavy atom.